The molecule has 1 aromatic heterocycles. The number of thiocarbonyl (C=S) groups is 1. The second kappa shape index (κ2) is 7.37. The maximum absolute atomic E-state index is 11.0. The van der Waals surface area contributed by atoms with Crippen molar-refractivity contribution < 1.29 is 14.3 Å². The Bertz CT molecular complexity index is 710. The Morgan fingerprint density at radius 3 is 2.95 bits per heavy atom. The summed E-state index contributed by atoms with van der Waals surface area (Å²) in [5, 5.41) is 16.3. The van der Waals surface area contributed by atoms with Crippen LogP contribution in [0.25, 0.3) is 11.3 Å². The van der Waals surface area contributed by atoms with Gasteiger partial charge < -0.3 is 14.8 Å². The SMILES string of the molecule is CCNC(=S)N/N=C\c1ccc(-c2cccc(C(=O)O)c2)o1. The molecular weight excluding hydrogens is 302 g/mol. The van der Waals surface area contributed by atoms with Crippen molar-refractivity contribution >= 4 is 29.5 Å². The van der Waals surface area contributed by atoms with Crippen LogP contribution in [-0.4, -0.2) is 28.9 Å². The van der Waals surface area contributed by atoms with Crippen molar-refractivity contribution in [3.63, 3.8) is 0 Å². The molecule has 0 bridgehead atoms. The summed E-state index contributed by atoms with van der Waals surface area (Å²) in [5.41, 5.74) is 3.56. The van der Waals surface area contributed by atoms with Gasteiger partial charge in [0.05, 0.1) is 11.8 Å². The zero-order valence-corrected chi connectivity index (χ0v) is 12.7. The van der Waals surface area contributed by atoms with Crippen LogP contribution in [0.1, 0.15) is 23.0 Å². The highest BCUT2D eigenvalue weighted by molar-refractivity contribution is 7.80. The van der Waals surface area contributed by atoms with Gasteiger partial charge >= 0.3 is 5.97 Å². The second-order valence-electron chi connectivity index (χ2n) is 4.32. The highest BCUT2D eigenvalue weighted by Crippen LogP contribution is 2.22. The number of carboxylic acid groups (broad SMARTS) is 1. The molecule has 0 atom stereocenters. The lowest BCUT2D eigenvalue weighted by Gasteiger charge is -2.01. The van der Waals surface area contributed by atoms with E-state index < -0.39 is 5.97 Å². The van der Waals surface area contributed by atoms with Crippen LogP contribution in [0.3, 0.4) is 0 Å². The molecule has 7 heteroatoms. The van der Waals surface area contributed by atoms with Crippen LogP contribution in [-0.2, 0) is 0 Å². The van der Waals surface area contributed by atoms with Crippen LogP contribution in [0.4, 0.5) is 0 Å². The summed E-state index contributed by atoms with van der Waals surface area (Å²) >= 11 is 4.97. The van der Waals surface area contributed by atoms with E-state index in [4.69, 9.17) is 21.7 Å². The fourth-order valence-corrected chi connectivity index (χ4v) is 1.93. The van der Waals surface area contributed by atoms with E-state index in [1.165, 1.54) is 12.3 Å². The molecule has 6 nitrogen and oxygen atoms in total. The third-order valence-corrected chi connectivity index (χ3v) is 2.95. The van der Waals surface area contributed by atoms with E-state index in [1.54, 1.807) is 30.3 Å². The van der Waals surface area contributed by atoms with Crippen molar-refractivity contribution in [1.29, 1.82) is 0 Å². The van der Waals surface area contributed by atoms with Crippen molar-refractivity contribution in [1.82, 2.24) is 10.7 Å². The van der Waals surface area contributed by atoms with E-state index in [0.717, 1.165) is 0 Å². The first-order chi connectivity index (χ1) is 10.6. The minimum absolute atomic E-state index is 0.210. The largest absolute Gasteiger partial charge is 0.478 e. The number of carboxylic acids is 1. The van der Waals surface area contributed by atoms with Gasteiger partial charge in [0.2, 0.25) is 0 Å². The average molecular weight is 317 g/mol. The molecule has 0 unspecified atom stereocenters. The predicted molar refractivity (Wildman–Crippen MR) is 88.1 cm³/mol. The number of benzene rings is 1. The van der Waals surface area contributed by atoms with Gasteiger partial charge in [-0.15, -0.1) is 0 Å². The summed E-state index contributed by atoms with van der Waals surface area (Å²) in [6, 6.07) is 10.0. The number of nitrogens with zero attached hydrogens (tertiary/aromatic N) is 1. The Morgan fingerprint density at radius 2 is 2.23 bits per heavy atom. The fraction of sp³-hybridized carbons (Fsp3) is 0.133. The van der Waals surface area contributed by atoms with Gasteiger partial charge in [-0.05, 0) is 43.4 Å². The number of aromatic carboxylic acids is 1. The molecule has 0 aliphatic heterocycles. The first kappa shape index (κ1) is 15.7. The van der Waals surface area contributed by atoms with E-state index in [9.17, 15) is 4.79 Å². The number of hydrazone groups is 1. The maximum Gasteiger partial charge on any atom is 0.335 e. The van der Waals surface area contributed by atoms with Crippen LogP contribution in [0, 0.1) is 0 Å². The fourth-order valence-electron chi connectivity index (χ4n) is 1.74. The van der Waals surface area contributed by atoms with Crippen molar-refractivity contribution in [2.24, 2.45) is 5.10 Å². The highest BCUT2D eigenvalue weighted by atomic mass is 32.1. The lowest BCUT2D eigenvalue weighted by atomic mass is 10.1. The minimum atomic E-state index is -0.976. The number of hydrogen-bond acceptors (Lipinski definition) is 4. The van der Waals surface area contributed by atoms with Gasteiger partial charge in [-0.2, -0.15) is 5.10 Å². The smallest absolute Gasteiger partial charge is 0.335 e. The van der Waals surface area contributed by atoms with Gasteiger partial charge in [-0.3, -0.25) is 5.43 Å². The summed E-state index contributed by atoms with van der Waals surface area (Å²) in [6.45, 7) is 2.65. The predicted octanol–water partition coefficient (Wildman–Crippen LogP) is 2.46. The summed E-state index contributed by atoms with van der Waals surface area (Å²) in [6.07, 6.45) is 1.49. The molecule has 1 heterocycles. The molecule has 2 rings (SSSR count). The van der Waals surface area contributed by atoms with E-state index in [0.29, 0.717) is 28.7 Å². The molecule has 0 aliphatic rings. The Labute approximate surface area is 132 Å². The third-order valence-electron chi connectivity index (χ3n) is 2.72. The zero-order valence-electron chi connectivity index (χ0n) is 11.9. The average Bonchev–Trinajstić information content (AvgIpc) is 2.96. The standard InChI is InChI=1S/C15H15N3O3S/c1-2-16-15(22)18-17-9-12-6-7-13(21-12)10-4-3-5-11(8-10)14(19)20/h3-9H,2H2,1H3,(H,19,20)(H2,16,18,22)/b17-9-. The zero-order chi connectivity index (χ0) is 15.9. The molecule has 0 fully saturated rings. The normalized spacial score (nSPS) is 10.6. The summed E-state index contributed by atoms with van der Waals surface area (Å²) in [4.78, 5) is 11.0. The van der Waals surface area contributed by atoms with Gasteiger partial charge in [0, 0.05) is 12.1 Å². The van der Waals surface area contributed by atoms with Crippen molar-refractivity contribution in [3.8, 4) is 11.3 Å². The van der Waals surface area contributed by atoms with Crippen LogP contribution in [0.2, 0.25) is 0 Å². The van der Waals surface area contributed by atoms with Crippen molar-refractivity contribution in [2.75, 3.05) is 6.54 Å². The number of carbonyl (C=O) groups is 1. The van der Waals surface area contributed by atoms with Crippen LogP contribution in [0.5, 0.6) is 0 Å². The van der Waals surface area contributed by atoms with E-state index in [1.807, 2.05) is 6.92 Å². The highest BCUT2D eigenvalue weighted by Gasteiger charge is 2.07. The molecule has 0 saturated carbocycles. The Hall–Kier alpha value is -2.67. The molecule has 0 spiro atoms. The van der Waals surface area contributed by atoms with Gasteiger partial charge in [0.15, 0.2) is 5.11 Å². The molecule has 114 valence electrons. The molecule has 2 aromatic rings. The number of rotatable bonds is 5. The first-order valence-electron chi connectivity index (χ1n) is 6.60. The maximum atomic E-state index is 11.0. The van der Waals surface area contributed by atoms with Crippen LogP contribution >= 0.6 is 12.2 Å². The summed E-state index contributed by atoms with van der Waals surface area (Å²) in [5.74, 6) is 0.123. The molecule has 0 amide bonds. The third kappa shape index (κ3) is 4.16. The second-order valence-corrected chi connectivity index (χ2v) is 4.73. The number of nitrogens with one attached hydrogen (secondary N) is 2. The first-order valence-corrected chi connectivity index (χ1v) is 7.01. The molecule has 0 saturated heterocycles. The molecule has 3 N–H and O–H groups in total. The van der Waals surface area contributed by atoms with Gasteiger partial charge in [0.25, 0.3) is 0 Å². The summed E-state index contributed by atoms with van der Waals surface area (Å²) in [7, 11) is 0. The van der Waals surface area contributed by atoms with Gasteiger partial charge in [0.1, 0.15) is 11.5 Å². The monoisotopic (exact) mass is 317 g/mol. The molecule has 0 aliphatic carbocycles. The Kier molecular flexibility index (Phi) is 5.26. The minimum Gasteiger partial charge on any atom is -0.478 e. The lowest BCUT2D eigenvalue weighted by molar-refractivity contribution is 0.0697. The molecule has 1 aromatic carbocycles. The van der Waals surface area contributed by atoms with Crippen molar-refractivity contribution in [3.05, 3.63) is 47.7 Å². The van der Waals surface area contributed by atoms with Crippen LogP contribution in [0.15, 0.2) is 45.9 Å². The van der Waals surface area contributed by atoms with E-state index in [2.05, 4.69) is 15.8 Å². The van der Waals surface area contributed by atoms with E-state index >= 15 is 0 Å². The molecular formula is C15H15N3O3S. The summed E-state index contributed by atoms with van der Waals surface area (Å²) < 4.78 is 5.60. The van der Waals surface area contributed by atoms with Crippen LogP contribution < -0.4 is 10.7 Å². The number of furan rings is 1. The molecule has 0 radical (unpaired) electrons. The van der Waals surface area contributed by atoms with Gasteiger partial charge in [-0.1, -0.05) is 12.1 Å². The van der Waals surface area contributed by atoms with Crippen molar-refractivity contribution in [2.45, 2.75) is 6.92 Å². The number of hydrogen-bond donors (Lipinski definition) is 3. The Balaban J connectivity index is 2.08. The topological polar surface area (TPSA) is 86.9 Å². The quantitative estimate of drug-likeness (QED) is 0.446. The lowest BCUT2D eigenvalue weighted by Crippen LogP contribution is -2.31. The molecule has 22 heavy (non-hydrogen) atoms. The van der Waals surface area contributed by atoms with Gasteiger partial charge in [-0.25, -0.2) is 4.79 Å². The van der Waals surface area contributed by atoms with E-state index in [-0.39, 0.29) is 5.56 Å². The Morgan fingerprint density at radius 1 is 1.41 bits per heavy atom.